The van der Waals surface area contributed by atoms with Gasteiger partial charge in [-0.2, -0.15) is 0 Å². The Morgan fingerprint density at radius 2 is 1.89 bits per heavy atom. The first-order chi connectivity index (χ1) is 9.15. The number of ether oxygens (including phenoxy) is 1. The molecule has 0 atom stereocenters. The zero-order valence-electron chi connectivity index (χ0n) is 11.6. The van der Waals surface area contributed by atoms with Gasteiger partial charge in [0.05, 0.1) is 12.1 Å². The van der Waals surface area contributed by atoms with Gasteiger partial charge in [0.25, 0.3) is 0 Å². The summed E-state index contributed by atoms with van der Waals surface area (Å²) in [6, 6.07) is 2.10. The summed E-state index contributed by atoms with van der Waals surface area (Å²) >= 11 is 6.43. The van der Waals surface area contributed by atoms with Crippen LogP contribution in [0.4, 0.5) is 0 Å². The summed E-state index contributed by atoms with van der Waals surface area (Å²) in [6.07, 6.45) is 9.37. The van der Waals surface area contributed by atoms with E-state index < -0.39 is 0 Å². The van der Waals surface area contributed by atoms with Gasteiger partial charge >= 0.3 is 0 Å². The highest BCUT2D eigenvalue weighted by Crippen LogP contribution is 2.48. The molecular formula is C16H22ClNO. The van der Waals surface area contributed by atoms with Crippen molar-refractivity contribution in [3.05, 3.63) is 27.8 Å². The molecule has 0 heterocycles. The van der Waals surface area contributed by atoms with E-state index in [1.807, 2.05) is 0 Å². The zero-order valence-corrected chi connectivity index (χ0v) is 12.4. The summed E-state index contributed by atoms with van der Waals surface area (Å²) in [7, 11) is 1.70. The van der Waals surface area contributed by atoms with E-state index in [0.717, 1.165) is 36.5 Å². The minimum absolute atomic E-state index is 0.204. The second kappa shape index (κ2) is 4.99. The molecule has 2 N–H and O–H groups in total. The molecule has 0 unspecified atom stereocenters. The SMILES string of the molecule is COc1c(Cl)cc2c(c1C1(N)CCC1)CCCCC2. The van der Waals surface area contributed by atoms with Crippen LogP contribution in [0, 0.1) is 0 Å². The Labute approximate surface area is 120 Å². The lowest BCUT2D eigenvalue weighted by atomic mass is 9.69. The van der Waals surface area contributed by atoms with Crippen LogP contribution in [0.15, 0.2) is 6.07 Å². The maximum absolute atomic E-state index is 6.61. The predicted molar refractivity (Wildman–Crippen MR) is 79.0 cm³/mol. The van der Waals surface area contributed by atoms with Crippen LogP contribution in [0.1, 0.15) is 55.2 Å². The van der Waals surface area contributed by atoms with Crippen molar-refractivity contribution in [2.45, 2.75) is 56.9 Å². The lowest BCUT2D eigenvalue weighted by Gasteiger charge is -2.41. The number of nitrogens with two attached hydrogens (primary N) is 1. The van der Waals surface area contributed by atoms with Crippen molar-refractivity contribution < 1.29 is 4.74 Å². The molecule has 0 radical (unpaired) electrons. The van der Waals surface area contributed by atoms with Gasteiger partial charge < -0.3 is 10.5 Å². The first-order valence-electron chi connectivity index (χ1n) is 7.33. The van der Waals surface area contributed by atoms with E-state index in [9.17, 15) is 0 Å². The molecule has 0 amide bonds. The molecule has 19 heavy (non-hydrogen) atoms. The molecule has 1 saturated carbocycles. The third-order valence-corrected chi connectivity index (χ3v) is 5.04. The maximum Gasteiger partial charge on any atom is 0.142 e. The largest absolute Gasteiger partial charge is 0.495 e. The average molecular weight is 280 g/mol. The van der Waals surface area contributed by atoms with Crippen LogP contribution >= 0.6 is 11.6 Å². The quantitative estimate of drug-likeness (QED) is 0.832. The lowest BCUT2D eigenvalue weighted by Crippen LogP contribution is -2.44. The van der Waals surface area contributed by atoms with Crippen molar-refractivity contribution >= 4 is 11.6 Å². The van der Waals surface area contributed by atoms with Crippen LogP contribution in [0.3, 0.4) is 0 Å². The number of methoxy groups -OCH3 is 1. The number of hydrogen-bond acceptors (Lipinski definition) is 2. The second-order valence-corrected chi connectivity index (χ2v) is 6.38. The molecule has 1 fully saturated rings. The van der Waals surface area contributed by atoms with E-state index in [-0.39, 0.29) is 5.54 Å². The van der Waals surface area contributed by atoms with Crippen LogP contribution < -0.4 is 10.5 Å². The van der Waals surface area contributed by atoms with Gasteiger partial charge in [-0.15, -0.1) is 0 Å². The topological polar surface area (TPSA) is 35.2 Å². The Kier molecular flexibility index (Phi) is 3.48. The third-order valence-electron chi connectivity index (χ3n) is 4.76. The van der Waals surface area contributed by atoms with Gasteiger partial charge in [0.15, 0.2) is 0 Å². The van der Waals surface area contributed by atoms with Crippen LogP contribution in [-0.2, 0) is 18.4 Å². The second-order valence-electron chi connectivity index (χ2n) is 5.97. The molecule has 3 heteroatoms. The normalized spacial score (nSPS) is 21.2. The number of fused-ring (bicyclic) bond motifs is 1. The fourth-order valence-electron chi connectivity index (χ4n) is 3.56. The fourth-order valence-corrected chi connectivity index (χ4v) is 3.86. The van der Waals surface area contributed by atoms with E-state index >= 15 is 0 Å². The van der Waals surface area contributed by atoms with Gasteiger partial charge in [0.2, 0.25) is 0 Å². The van der Waals surface area contributed by atoms with Crippen molar-refractivity contribution in [2.75, 3.05) is 7.11 Å². The van der Waals surface area contributed by atoms with Gasteiger partial charge in [-0.25, -0.2) is 0 Å². The summed E-state index contributed by atoms with van der Waals surface area (Å²) in [5.41, 5.74) is 10.4. The minimum Gasteiger partial charge on any atom is -0.495 e. The van der Waals surface area contributed by atoms with Crippen molar-refractivity contribution in [2.24, 2.45) is 5.73 Å². The van der Waals surface area contributed by atoms with Gasteiger partial charge in [-0.3, -0.25) is 0 Å². The Bertz CT molecular complexity index is 494. The molecule has 2 aliphatic carbocycles. The number of benzene rings is 1. The molecular weight excluding hydrogens is 258 g/mol. The molecule has 3 rings (SSSR count). The number of hydrogen-bond donors (Lipinski definition) is 1. The molecule has 0 spiro atoms. The van der Waals surface area contributed by atoms with Gasteiger partial charge in [-0.05, 0) is 62.1 Å². The van der Waals surface area contributed by atoms with E-state index in [4.69, 9.17) is 22.1 Å². The fraction of sp³-hybridized carbons (Fsp3) is 0.625. The highest BCUT2D eigenvalue weighted by Gasteiger charge is 2.40. The molecule has 0 aliphatic heterocycles. The Hall–Kier alpha value is -0.730. The maximum atomic E-state index is 6.61. The Morgan fingerprint density at radius 3 is 2.53 bits per heavy atom. The summed E-state index contributed by atoms with van der Waals surface area (Å²) in [4.78, 5) is 0. The third kappa shape index (κ3) is 2.15. The van der Waals surface area contributed by atoms with Crippen LogP contribution in [0.25, 0.3) is 0 Å². The standard InChI is InChI=1S/C16H22ClNO/c1-19-15-13(17)10-11-6-3-2-4-7-12(11)14(15)16(18)8-5-9-16/h10H,2-9,18H2,1H3. The van der Waals surface area contributed by atoms with E-state index in [0.29, 0.717) is 0 Å². The van der Waals surface area contributed by atoms with Crippen molar-refractivity contribution in [1.29, 1.82) is 0 Å². The van der Waals surface area contributed by atoms with Crippen LogP contribution in [-0.4, -0.2) is 7.11 Å². The summed E-state index contributed by atoms with van der Waals surface area (Å²) in [6.45, 7) is 0. The highest BCUT2D eigenvalue weighted by molar-refractivity contribution is 6.32. The number of halogens is 1. The molecule has 1 aromatic rings. The molecule has 0 saturated heterocycles. The van der Waals surface area contributed by atoms with Crippen molar-refractivity contribution in [3.8, 4) is 5.75 Å². The Morgan fingerprint density at radius 1 is 1.16 bits per heavy atom. The molecule has 104 valence electrons. The summed E-state index contributed by atoms with van der Waals surface area (Å²) < 4.78 is 5.59. The molecule has 0 aromatic heterocycles. The molecule has 2 nitrogen and oxygen atoms in total. The molecule has 0 bridgehead atoms. The smallest absolute Gasteiger partial charge is 0.142 e. The van der Waals surface area contributed by atoms with Gasteiger partial charge in [0.1, 0.15) is 5.75 Å². The van der Waals surface area contributed by atoms with E-state index in [2.05, 4.69) is 6.07 Å². The van der Waals surface area contributed by atoms with Crippen LogP contribution in [0.2, 0.25) is 5.02 Å². The molecule has 2 aliphatic rings. The highest BCUT2D eigenvalue weighted by atomic mass is 35.5. The summed E-state index contributed by atoms with van der Waals surface area (Å²) in [5.74, 6) is 0.824. The van der Waals surface area contributed by atoms with Crippen LogP contribution in [0.5, 0.6) is 5.75 Å². The Balaban J connectivity index is 2.20. The van der Waals surface area contributed by atoms with E-state index in [1.54, 1.807) is 7.11 Å². The number of aryl methyl sites for hydroxylation is 1. The average Bonchev–Trinajstić information content (AvgIpc) is 2.59. The molecule has 1 aromatic carbocycles. The zero-order chi connectivity index (χ0) is 13.5. The number of rotatable bonds is 2. The van der Waals surface area contributed by atoms with Gasteiger partial charge in [0, 0.05) is 11.1 Å². The van der Waals surface area contributed by atoms with Crippen molar-refractivity contribution in [3.63, 3.8) is 0 Å². The van der Waals surface area contributed by atoms with Gasteiger partial charge in [-0.1, -0.05) is 18.0 Å². The van der Waals surface area contributed by atoms with Crippen molar-refractivity contribution in [1.82, 2.24) is 0 Å². The first-order valence-corrected chi connectivity index (χ1v) is 7.71. The minimum atomic E-state index is -0.204. The first kappa shape index (κ1) is 13.3. The monoisotopic (exact) mass is 279 g/mol. The predicted octanol–water partition coefficient (Wildman–Crippen LogP) is 3.96. The summed E-state index contributed by atoms with van der Waals surface area (Å²) in [5, 5.41) is 0.731. The lowest BCUT2D eigenvalue weighted by molar-refractivity contribution is 0.241. The van der Waals surface area contributed by atoms with E-state index in [1.165, 1.54) is 42.4 Å².